The number of amides is 1. The van der Waals surface area contributed by atoms with E-state index in [4.69, 9.17) is 0 Å². The van der Waals surface area contributed by atoms with Crippen LogP contribution in [0, 0.1) is 5.92 Å². The summed E-state index contributed by atoms with van der Waals surface area (Å²) in [6.07, 6.45) is 4.82. The van der Waals surface area contributed by atoms with Crippen molar-refractivity contribution in [3.63, 3.8) is 0 Å². The lowest BCUT2D eigenvalue weighted by Crippen LogP contribution is -2.34. The fourth-order valence-corrected chi connectivity index (χ4v) is 2.30. The van der Waals surface area contributed by atoms with E-state index in [1.54, 1.807) is 0 Å². The lowest BCUT2D eigenvalue weighted by molar-refractivity contribution is -0.119. The predicted octanol–water partition coefficient (Wildman–Crippen LogP) is 0.608. The molecule has 0 bridgehead atoms. The minimum Gasteiger partial charge on any atom is -0.356 e. The van der Waals surface area contributed by atoms with E-state index < -0.39 is 0 Å². The summed E-state index contributed by atoms with van der Waals surface area (Å²) < 4.78 is 0. The number of nitrogens with zero attached hydrogens (tertiary/aromatic N) is 1. The second-order valence-corrected chi connectivity index (χ2v) is 4.24. The summed E-state index contributed by atoms with van der Waals surface area (Å²) in [7, 11) is 0. The highest BCUT2D eigenvalue weighted by Crippen LogP contribution is 2.15. The molecule has 2 aliphatic heterocycles. The summed E-state index contributed by atoms with van der Waals surface area (Å²) in [6, 6.07) is 0. The second kappa shape index (κ2) is 4.09. The maximum absolute atomic E-state index is 11.0. The SMILES string of the molecule is O=C1CC(CN2CCCCC2)CN1. The van der Waals surface area contributed by atoms with Gasteiger partial charge in [-0.25, -0.2) is 0 Å². The first kappa shape index (κ1) is 9.00. The molecule has 2 aliphatic rings. The molecular formula is C10H18N2O. The third-order valence-corrected chi connectivity index (χ3v) is 3.03. The Balaban J connectivity index is 1.73. The number of carbonyl (C=O) groups excluding carboxylic acids is 1. The maximum atomic E-state index is 11.0. The fraction of sp³-hybridized carbons (Fsp3) is 0.900. The Labute approximate surface area is 79.5 Å². The Morgan fingerprint density at radius 3 is 2.69 bits per heavy atom. The van der Waals surface area contributed by atoms with E-state index in [-0.39, 0.29) is 5.91 Å². The van der Waals surface area contributed by atoms with Gasteiger partial charge in [-0.05, 0) is 31.8 Å². The summed E-state index contributed by atoms with van der Waals surface area (Å²) in [5, 5.41) is 2.89. The molecule has 0 aromatic rings. The zero-order valence-corrected chi connectivity index (χ0v) is 8.09. The van der Waals surface area contributed by atoms with Gasteiger partial charge in [-0.1, -0.05) is 6.42 Å². The van der Waals surface area contributed by atoms with Gasteiger partial charge in [-0.2, -0.15) is 0 Å². The molecule has 1 N–H and O–H groups in total. The van der Waals surface area contributed by atoms with Crippen LogP contribution < -0.4 is 5.32 Å². The van der Waals surface area contributed by atoms with Gasteiger partial charge in [0, 0.05) is 19.5 Å². The molecule has 1 atom stereocenters. The summed E-state index contributed by atoms with van der Waals surface area (Å²) in [6.45, 7) is 4.50. The van der Waals surface area contributed by atoms with E-state index in [1.165, 1.54) is 32.4 Å². The van der Waals surface area contributed by atoms with Crippen LogP contribution >= 0.6 is 0 Å². The van der Waals surface area contributed by atoms with Gasteiger partial charge in [0.1, 0.15) is 0 Å². The predicted molar refractivity (Wildman–Crippen MR) is 51.4 cm³/mol. The van der Waals surface area contributed by atoms with Crippen LogP contribution in [0.2, 0.25) is 0 Å². The van der Waals surface area contributed by atoms with Gasteiger partial charge in [-0.3, -0.25) is 4.79 Å². The zero-order valence-electron chi connectivity index (χ0n) is 8.09. The fourth-order valence-electron chi connectivity index (χ4n) is 2.30. The molecule has 2 rings (SSSR count). The Hall–Kier alpha value is -0.570. The number of piperidine rings is 1. The lowest BCUT2D eigenvalue weighted by Gasteiger charge is -2.28. The van der Waals surface area contributed by atoms with Crippen molar-refractivity contribution in [2.75, 3.05) is 26.2 Å². The van der Waals surface area contributed by atoms with Gasteiger partial charge < -0.3 is 10.2 Å². The molecule has 2 heterocycles. The molecule has 0 aromatic carbocycles. The first-order chi connectivity index (χ1) is 6.34. The van der Waals surface area contributed by atoms with Gasteiger partial charge in [-0.15, -0.1) is 0 Å². The normalized spacial score (nSPS) is 30.5. The Morgan fingerprint density at radius 2 is 2.08 bits per heavy atom. The van der Waals surface area contributed by atoms with Gasteiger partial charge in [0.25, 0.3) is 0 Å². The quantitative estimate of drug-likeness (QED) is 0.678. The number of rotatable bonds is 2. The topological polar surface area (TPSA) is 32.3 Å². The number of nitrogens with one attached hydrogen (secondary N) is 1. The Kier molecular flexibility index (Phi) is 2.83. The summed E-state index contributed by atoms with van der Waals surface area (Å²) in [5.74, 6) is 0.813. The van der Waals surface area contributed by atoms with Gasteiger partial charge in [0.15, 0.2) is 0 Å². The van der Waals surface area contributed by atoms with Crippen molar-refractivity contribution in [1.29, 1.82) is 0 Å². The summed E-state index contributed by atoms with van der Waals surface area (Å²) in [4.78, 5) is 13.5. The minimum absolute atomic E-state index is 0.238. The highest BCUT2D eigenvalue weighted by Gasteiger charge is 2.23. The van der Waals surface area contributed by atoms with Crippen LogP contribution in [0.25, 0.3) is 0 Å². The van der Waals surface area contributed by atoms with E-state index in [0.717, 1.165) is 19.5 Å². The Bertz CT molecular complexity index is 187. The van der Waals surface area contributed by atoms with Crippen LogP contribution in [-0.4, -0.2) is 37.0 Å². The number of hydrogen-bond donors (Lipinski definition) is 1. The van der Waals surface area contributed by atoms with Crippen molar-refractivity contribution in [1.82, 2.24) is 10.2 Å². The summed E-state index contributed by atoms with van der Waals surface area (Å²) >= 11 is 0. The van der Waals surface area contributed by atoms with Crippen molar-refractivity contribution in [3.05, 3.63) is 0 Å². The molecule has 0 aliphatic carbocycles. The monoisotopic (exact) mass is 182 g/mol. The van der Waals surface area contributed by atoms with E-state index in [2.05, 4.69) is 10.2 Å². The molecule has 0 radical (unpaired) electrons. The van der Waals surface area contributed by atoms with Crippen molar-refractivity contribution in [2.24, 2.45) is 5.92 Å². The minimum atomic E-state index is 0.238. The van der Waals surface area contributed by atoms with E-state index in [9.17, 15) is 4.79 Å². The standard InChI is InChI=1S/C10H18N2O/c13-10-6-9(7-11-10)8-12-4-2-1-3-5-12/h9H,1-8H2,(H,11,13). The van der Waals surface area contributed by atoms with Crippen LogP contribution in [0.1, 0.15) is 25.7 Å². The average molecular weight is 182 g/mol. The Morgan fingerprint density at radius 1 is 1.31 bits per heavy atom. The van der Waals surface area contributed by atoms with E-state index in [0.29, 0.717) is 5.92 Å². The largest absolute Gasteiger partial charge is 0.356 e. The van der Waals surface area contributed by atoms with Crippen molar-refractivity contribution in [2.45, 2.75) is 25.7 Å². The van der Waals surface area contributed by atoms with Crippen LogP contribution in [0.4, 0.5) is 0 Å². The van der Waals surface area contributed by atoms with E-state index in [1.807, 2.05) is 0 Å². The number of hydrogen-bond acceptors (Lipinski definition) is 2. The summed E-state index contributed by atoms with van der Waals surface area (Å²) in [5.41, 5.74) is 0. The first-order valence-corrected chi connectivity index (χ1v) is 5.33. The maximum Gasteiger partial charge on any atom is 0.220 e. The van der Waals surface area contributed by atoms with Gasteiger partial charge in [0.05, 0.1) is 0 Å². The molecule has 2 fully saturated rings. The molecule has 3 nitrogen and oxygen atoms in total. The van der Waals surface area contributed by atoms with Crippen LogP contribution in [-0.2, 0) is 4.79 Å². The zero-order chi connectivity index (χ0) is 9.10. The molecular weight excluding hydrogens is 164 g/mol. The molecule has 2 saturated heterocycles. The van der Waals surface area contributed by atoms with Gasteiger partial charge >= 0.3 is 0 Å². The van der Waals surface area contributed by atoms with Crippen LogP contribution in [0.3, 0.4) is 0 Å². The van der Waals surface area contributed by atoms with Crippen molar-refractivity contribution >= 4 is 5.91 Å². The smallest absolute Gasteiger partial charge is 0.220 e. The third-order valence-electron chi connectivity index (χ3n) is 3.03. The van der Waals surface area contributed by atoms with Crippen molar-refractivity contribution < 1.29 is 4.79 Å². The first-order valence-electron chi connectivity index (χ1n) is 5.33. The molecule has 1 amide bonds. The highest BCUT2D eigenvalue weighted by molar-refractivity contribution is 5.78. The number of likely N-dealkylation sites (tertiary alicyclic amines) is 1. The average Bonchev–Trinajstić information content (AvgIpc) is 2.53. The number of carbonyl (C=O) groups is 1. The molecule has 3 heteroatoms. The van der Waals surface area contributed by atoms with Crippen LogP contribution in [0.15, 0.2) is 0 Å². The highest BCUT2D eigenvalue weighted by atomic mass is 16.1. The molecule has 13 heavy (non-hydrogen) atoms. The van der Waals surface area contributed by atoms with Crippen LogP contribution in [0.5, 0.6) is 0 Å². The molecule has 1 unspecified atom stereocenters. The second-order valence-electron chi connectivity index (χ2n) is 4.24. The lowest BCUT2D eigenvalue weighted by atomic mass is 10.1. The molecule has 0 aromatic heterocycles. The van der Waals surface area contributed by atoms with Crippen molar-refractivity contribution in [3.8, 4) is 0 Å². The molecule has 74 valence electrons. The third kappa shape index (κ3) is 2.44. The van der Waals surface area contributed by atoms with Gasteiger partial charge in [0.2, 0.25) is 5.91 Å². The van der Waals surface area contributed by atoms with E-state index >= 15 is 0 Å². The molecule has 0 spiro atoms. The molecule has 0 saturated carbocycles.